The molecule has 5 nitrogen and oxygen atoms in total. The van der Waals surface area contributed by atoms with Gasteiger partial charge in [-0.2, -0.15) is 0 Å². The molecule has 0 spiro atoms. The van der Waals surface area contributed by atoms with Crippen LogP contribution in [0.3, 0.4) is 0 Å². The van der Waals surface area contributed by atoms with Gasteiger partial charge in [-0.05, 0) is 6.07 Å². The van der Waals surface area contributed by atoms with Crippen molar-refractivity contribution in [3.8, 4) is 0 Å². The third-order valence-corrected chi connectivity index (χ3v) is 2.62. The van der Waals surface area contributed by atoms with Gasteiger partial charge in [0.1, 0.15) is 12.4 Å². The highest BCUT2D eigenvalue weighted by Crippen LogP contribution is 2.15. The van der Waals surface area contributed by atoms with Crippen molar-refractivity contribution in [2.24, 2.45) is 0 Å². The smallest absolute Gasteiger partial charge is 0.293 e. The summed E-state index contributed by atoms with van der Waals surface area (Å²) in [5, 5.41) is 0. The van der Waals surface area contributed by atoms with Gasteiger partial charge in [0.2, 0.25) is 0 Å². The van der Waals surface area contributed by atoms with Gasteiger partial charge in [0.05, 0.1) is 26.0 Å². The van der Waals surface area contributed by atoms with Crippen molar-refractivity contribution < 1.29 is 18.7 Å². The van der Waals surface area contributed by atoms with Crippen molar-refractivity contribution in [1.29, 1.82) is 0 Å². The summed E-state index contributed by atoms with van der Waals surface area (Å²) in [6, 6.07) is 1.83. The molecule has 1 aromatic rings. The Balaban J connectivity index is 1.91. The quantitative estimate of drug-likeness (QED) is 0.693. The fraction of sp³-hybridized carbons (Fsp3) is 0.545. The van der Waals surface area contributed by atoms with E-state index in [0.717, 1.165) is 44.2 Å². The van der Waals surface area contributed by atoms with E-state index in [1.165, 1.54) is 0 Å². The van der Waals surface area contributed by atoms with E-state index in [1.54, 1.807) is 6.26 Å². The normalized spacial score (nSPS) is 17.2. The van der Waals surface area contributed by atoms with Crippen LogP contribution < -0.4 is 0 Å². The van der Waals surface area contributed by atoms with E-state index in [1.807, 2.05) is 6.07 Å². The van der Waals surface area contributed by atoms with Crippen LogP contribution in [0.4, 0.5) is 0 Å². The van der Waals surface area contributed by atoms with Crippen LogP contribution in [0, 0.1) is 0 Å². The fourth-order valence-electron chi connectivity index (χ4n) is 1.72. The number of nitrogens with zero attached hydrogens (tertiary/aromatic N) is 1. The second-order valence-corrected chi connectivity index (χ2v) is 3.66. The third kappa shape index (κ3) is 2.84. The molecule has 1 aliphatic heterocycles. The summed E-state index contributed by atoms with van der Waals surface area (Å²) in [5.41, 5.74) is 0.929. The number of furan rings is 1. The van der Waals surface area contributed by atoms with E-state index in [-0.39, 0.29) is 6.61 Å². The molecular formula is C11H15NO4. The van der Waals surface area contributed by atoms with Gasteiger partial charge in [-0.1, -0.05) is 0 Å². The molecule has 1 saturated heterocycles. The molecule has 0 unspecified atom stereocenters. The minimum Gasteiger partial charge on any atom is -0.468 e. The number of rotatable bonds is 5. The average Bonchev–Trinajstić information content (AvgIpc) is 2.75. The predicted molar refractivity (Wildman–Crippen MR) is 55.7 cm³/mol. The van der Waals surface area contributed by atoms with Crippen molar-refractivity contribution in [1.82, 2.24) is 4.90 Å². The molecule has 2 rings (SSSR count). The maximum atomic E-state index is 10.1. The van der Waals surface area contributed by atoms with E-state index in [2.05, 4.69) is 4.90 Å². The first-order chi connectivity index (χ1) is 7.90. The minimum atomic E-state index is 0.277. The molecule has 16 heavy (non-hydrogen) atoms. The lowest BCUT2D eigenvalue weighted by atomic mass is 10.2. The molecule has 0 aromatic carbocycles. The molecule has 0 radical (unpaired) electrons. The molecule has 2 heterocycles. The second kappa shape index (κ2) is 5.67. The molecule has 0 N–H and O–H groups in total. The van der Waals surface area contributed by atoms with Gasteiger partial charge in [0.15, 0.2) is 0 Å². The van der Waals surface area contributed by atoms with Gasteiger partial charge in [0, 0.05) is 18.7 Å². The van der Waals surface area contributed by atoms with Crippen LogP contribution in [0.1, 0.15) is 11.3 Å². The highest BCUT2D eigenvalue weighted by molar-refractivity contribution is 5.37. The Hall–Kier alpha value is -1.33. The molecule has 88 valence electrons. The van der Waals surface area contributed by atoms with Gasteiger partial charge in [-0.3, -0.25) is 9.69 Å². The van der Waals surface area contributed by atoms with Crippen LogP contribution >= 0.6 is 0 Å². The van der Waals surface area contributed by atoms with Crippen molar-refractivity contribution in [2.75, 3.05) is 26.3 Å². The monoisotopic (exact) mass is 225 g/mol. The maximum absolute atomic E-state index is 10.1. The lowest BCUT2D eigenvalue weighted by Crippen LogP contribution is -2.35. The zero-order valence-electron chi connectivity index (χ0n) is 9.05. The number of hydrogen-bond donors (Lipinski definition) is 0. The number of hydrogen-bond acceptors (Lipinski definition) is 5. The Bertz CT molecular complexity index is 330. The first-order valence-electron chi connectivity index (χ1n) is 5.31. The summed E-state index contributed by atoms with van der Waals surface area (Å²) >= 11 is 0. The maximum Gasteiger partial charge on any atom is 0.293 e. The molecule has 0 atom stereocenters. The molecule has 0 bridgehead atoms. The summed E-state index contributed by atoms with van der Waals surface area (Å²) in [5.74, 6) is 0.865. The lowest BCUT2D eigenvalue weighted by molar-refractivity contribution is -0.129. The summed E-state index contributed by atoms with van der Waals surface area (Å²) in [7, 11) is 0. The van der Waals surface area contributed by atoms with Crippen LogP contribution in [0.15, 0.2) is 16.7 Å². The van der Waals surface area contributed by atoms with Crippen LogP contribution in [-0.2, 0) is 27.4 Å². The summed E-state index contributed by atoms with van der Waals surface area (Å²) in [4.78, 5) is 12.4. The fourth-order valence-corrected chi connectivity index (χ4v) is 1.72. The molecule has 5 heteroatoms. The van der Waals surface area contributed by atoms with Crippen molar-refractivity contribution in [2.45, 2.75) is 13.2 Å². The molecule has 0 amide bonds. The standard InChI is InChI=1S/C11H15NO4/c13-9-15-8-10-1-4-16-11(10)7-12-2-5-14-6-3-12/h1,4,9H,2-3,5-8H2. The molecule has 0 saturated carbocycles. The van der Waals surface area contributed by atoms with Gasteiger partial charge in [0.25, 0.3) is 6.47 Å². The predicted octanol–water partition coefficient (Wildman–Crippen LogP) is 0.785. The zero-order chi connectivity index (χ0) is 11.2. The van der Waals surface area contributed by atoms with Crippen LogP contribution in [0.2, 0.25) is 0 Å². The highest BCUT2D eigenvalue weighted by atomic mass is 16.5. The third-order valence-electron chi connectivity index (χ3n) is 2.62. The molecule has 1 aliphatic rings. The lowest BCUT2D eigenvalue weighted by Gasteiger charge is -2.25. The van der Waals surface area contributed by atoms with Gasteiger partial charge in [-0.25, -0.2) is 0 Å². The van der Waals surface area contributed by atoms with E-state index in [4.69, 9.17) is 13.9 Å². The van der Waals surface area contributed by atoms with Crippen LogP contribution in [-0.4, -0.2) is 37.7 Å². The van der Waals surface area contributed by atoms with Crippen LogP contribution in [0.5, 0.6) is 0 Å². The number of ether oxygens (including phenoxy) is 2. The summed E-state index contributed by atoms with van der Waals surface area (Å²) < 4.78 is 15.4. The van der Waals surface area contributed by atoms with Gasteiger partial charge in [-0.15, -0.1) is 0 Å². The average molecular weight is 225 g/mol. The minimum absolute atomic E-state index is 0.277. The molecule has 1 fully saturated rings. The van der Waals surface area contributed by atoms with Gasteiger partial charge < -0.3 is 13.9 Å². The Morgan fingerprint density at radius 1 is 1.44 bits per heavy atom. The SMILES string of the molecule is O=COCc1ccoc1CN1CCOCC1. The highest BCUT2D eigenvalue weighted by Gasteiger charge is 2.15. The van der Waals surface area contributed by atoms with E-state index < -0.39 is 0 Å². The largest absolute Gasteiger partial charge is 0.468 e. The first kappa shape index (κ1) is 11.2. The van der Waals surface area contributed by atoms with E-state index in [0.29, 0.717) is 6.47 Å². The topological polar surface area (TPSA) is 51.9 Å². The van der Waals surface area contributed by atoms with Gasteiger partial charge >= 0.3 is 0 Å². The van der Waals surface area contributed by atoms with Crippen molar-refractivity contribution in [3.63, 3.8) is 0 Å². The number of carbonyl (C=O) groups excluding carboxylic acids is 1. The van der Waals surface area contributed by atoms with E-state index >= 15 is 0 Å². The Morgan fingerprint density at radius 2 is 2.25 bits per heavy atom. The summed E-state index contributed by atoms with van der Waals surface area (Å²) in [6.45, 7) is 4.82. The number of morpholine rings is 1. The first-order valence-corrected chi connectivity index (χ1v) is 5.31. The summed E-state index contributed by atoms with van der Waals surface area (Å²) in [6.07, 6.45) is 1.62. The second-order valence-electron chi connectivity index (χ2n) is 3.66. The Kier molecular flexibility index (Phi) is 3.96. The number of carbonyl (C=O) groups is 1. The molecule has 1 aromatic heterocycles. The Morgan fingerprint density at radius 3 is 3.00 bits per heavy atom. The van der Waals surface area contributed by atoms with Crippen molar-refractivity contribution in [3.05, 3.63) is 23.7 Å². The Labute approximate surface area is 93.9 Å². The molecule has 0 aliphatic carbocycles. The molecular weight excluding hydrogens is 210 g/mol. The van der Waals surface area contributed by atoms with Crippen molar-refractivity contribution >= 4 is 6.47 Å². The zero-order valence-corrected chi connectivity index (χ0v) is 9.05. The van der Waals surface area contributed by atoms with E-state index in [9.17, 15) is 4.79 Å². The van der Waals surface area contributed by atoms with Crippen LogP contribution in [0.25, 0.3) is 0 Å².